The molecule has 0 spiro atoms. The van der Waals surface area contributed by atoms with Crippen molar-refractivity contribution in [2.24, 2.45) is 0 Å². The summed E-state index contributed by atoms with van der Waals surface area (Å²) in [5.74, 6) is 0.331. The molecule has 1 N–H and O–H groups in total. The van der Waals surface area contributed by atoms with E-state index in [9.17, 15) is 5.11 Å². The Morgan fingerprint density at radius 1 is 0.909 bits per heavy atom. The third-order valence-corrected chi connectivity index (χ3v) is 4.49. The summed E-state index contributed by atoms with van der Waals surface area (Å²) in [5.41, 5.74) is 5.36. The molecule has 0 bridgehead atoms. The SMILES string of the molecule is Cc1ccc(C)c(CN2CCN(c3ccc(O)cc3)CC2)c1. The number of anilines is 1. The van der Waals surface area contributed by atoms with Gasteiger partial charge in [-0.25, -0.2) is 0 Å². The van der Waals surface area contributed by atoms with Crippen molar-refractivity contribution in [2.75, 3.05) is 31.1 Å². The number of hydrogen-bond acceptors (Lipinski definition) is 3. The zero-order valence-corrected chi connectivity index (χ0v) is 13.4. The Balaban J connectivity index is 1.60. The second-order valence-corrected chi connectivity index (χ2v) is 6.21. The van der Waals surface area contributed by atoms with Crippen LogP contribution in [0.2, 0.25) is 0 Å². The Morgan fingerprint density at radius 3 is 2.27 bits per heavy atom. The van der Waals surface area contributed by atoms with Gasteiger partial charge in [0, 0.05) is 38.4 Å². The molecule has 1 saturated heterocycles. The first-order valence-electron chi connectivity index (χ1n) is 7.94. The molecule has 0 aliphatic carbocycles. The maximum atomic E-state index is 9.38. The third kappa shape index (κ3) is 3.42. The first-order chi connectivity index (χ1) is 10.6. The van der Waals surface area contributed by atoms with Crippen molar-refractivity contribution in [3.63, 3.8) is 0 Å². The van der Waals surface area contributed by atoms with Crippen LogP contribution in [-0.4, -0.2) is 36.2 Å². The van der Waals surface area contributed by atoms with Crippen LogP contribution in [0.1, 0.15) is 16.7 Å². The molecule has 0 radical (unpaired) electrons. The lowest BCUT2D eigenvalue weighted by Crippen LogP contribution is -2.46. The van der Waals surface area contributed by atoms with Crippen LogP contribution in [0.3, 0.4) is 0 Å². The van der Waals surface area contributed by atoms with Crippen molar-refractivity contribution in [2.45, 2.75) is 20.4 Å². The lowest BCUT2D eigenvalue weighted by molar-refractivity contribution is 0.249. The number of benzene rings is 2. The number of nitrogens with zero attached hydrogens (tertiary/aromatic N) is 2. The largest absolute Gasteiger partial charge is 0.508 e. The van der Waals surface area contributed by atoms with E-state index in [0.717, 1.165) is 32.7 Å². The van der Waals surface area contributed by atoms with Crippen LogP contribution in [0, 0.1) is 13.8 Å². The van der Waals surface area contributed by atoms with Gasteiger partial charge in [-0.05, 0) is 49.2 Å². The van der Waals surface area contributed by atoms with Crippen molar-refractivity contribution in [1.29, 1.82) is 0 Å². The van der Waals surface area contributed by atoms with Crippen LogP contribution < -0.4 is 4.90 Å². The van der Waals surface area contributed by atoms with Gasteiger partial charge in [0.1, 0.15) is 5.75 Å². The summed E-state index contributed by atoms with van der Waals surface area (Å²) < 4.78 is 0. The van der Waals surface area contributed by atoms with E-state index in [2.05, 4.69) is 41.8 Å². The topological polar surface area (TPSA) is 26.7 Å². The van der Waals surface area contributed by atoms with Gasteiger partial charge >= 0.3 is 0 Å². The molecule has 1 aliphatic rings. The predicted molar refractivity (Wildman–Crippen MR) is 91.5 cm³/mol. The molecule has 3 rings (SSSR count). The zero-order chi connectivity index (χ0) is 15.5. The minimum atomic E-state index is 0.331. The van der Waals surface area contributed by atoms with Crippen molar-refractivity contribution in [1.82, 2.24) is 4.90 Å². The lowest BCUT2D eigenvalue weighted by Gasteiger charge is -2.36. The van der Waals surface area contributed by atoms with E-state index in [-0.39, 0.29) is 0 Å². The van der Waals surface area contributed by atoms with Gasteiger partial charge in [0.15, 0.2) is 0 Å². The Bertz CT molecular complexity index is 628. The molecule has 1 heterocycles. The summed E-state index contributed by atoms with van der Waals surface area (Å²) in [5, 5.41) is 9.38. The molecule has 22 heavy (non-hydrogen) atoms. The van der Waals surface area contributed by atoms with Gasteiger partial charge in [0.05, 0.1) is 0 Å². The van der Waals surface area contributed by atoms with Gasteiger partial charge in [-0.2, -0.15) is 0 Å². The summed E-state index contributed by atoms with van der Waals surface area (Å²) in [6, 6.07) is 14.2. The highest BCUT2D eigenvalue weighted by Crippen LogP contribution is 2.21. The number of aryl methyl sites for hydroxylation is 2. The Hall–Kier alpha value is -2.00. The fourth-order valence-corrected chi connectivity index (χ4v) is 3.04. The molecule has 1 fully saturated rings. The van der Waals surface area contributed by atoms with Gasteiger partial charge in [0.25, 0.3) is 0 Å². The highest BCUT2D eigenvalue weighted by molar-refractivity contribution is 5.49. The molecule has 2 aromatic rings. The summed E-state index contributed by atoms with van der Waals surface area (Å²) in [7, 11) is 0. The summed E-state index contributed by atoms with van der Waals surface area (Å²) in [4.78, 5) is 4.91. The van der Waals surface area contributed by atoms with E-state index in [1.807, 2.05) is 12.1 Å². The number of piperazine rings is 1. The molecule has 116 valence electrons. The number of hydrogen-bond donors (Lipinski definition) is 1. The fourth-order valence-electron chi connectivity index (χ4n) is 3.04. The van der Waals surface area contributed by atoms with Crippen LogP contribution in [0.5, 0.6) is 5.75 Å². The minimum Gasteiger partial charge on any atom is -0.508 e. The van der Waals surface area contributed by atoms with Crippen LogP contribution in [-0.2, 0) is 6.54 Å². The summed E-state index contributed by atoms with van der Waals surface area (Å²) >= 11 is 0. The monoisotopic (exact) mass is 296 g/mol. The minimum absolute atomic E-state index is 0.331. The van der Waals surface area contributed by atoms with E-state index in [1.165, 1.54) is 22.4 Å². The van der Waals surface area contributed by atoms with E-state index in [4.69, 9.17) is 0 Å². The second kappa shape index (κ2) is 6.41. The van der Waals surface area contributed by atoms with Gasteiger partial charge in [-0.15, -0.1) is 0 Å². The van der Waals surface area contributed by atoms with Gasteiger partial charge in [-0.1, -0.05) is 23.8 Å². The van der Waals surface area contributed by atoms with Gasteiger partial charge in [-0.3, -0.25) is 4.90 Å². The molecule has 2 aromatic carbocycles. The van der Waals surface area contributed by atoms with E-state index >= 15 is 0 Å². The molecule has 0 aromatic heterocycles. The molecule has 3 heteroatoms. The first kappa shape index (κ1) is 14.9. The number of rotatable bonds is 3. The normalized spacial score (nSPS) is 16.0. The van der Waals surface area contributed by atoms with Crippen LogP contribution in [0.4, 0.5) is 5.69 Å². The lowest BCUT2D eigenvalue weighted by atomic mass is 10.0. The van der Waals surface area contributed by atoms with Crippen molar-refractivity contribution < 1.29 is 5.11 Å². The Morgan fingerprint density at radius 2 is 1.59 bits per heavy atom. The fraction of sp³-hybridized carbons (Fsp3) is 0.368. The average Bonchev–Trinajstić information content (AvgIpc) is 2.53. The van der Waals surface area contributed by atoms with Gasteiger partial charge < -0.3 is 10.0 Å². The smallest absolute Gasteiger partial charge is 0.115 e. The molecule has 0 atom stereocenters. The Kier molecular flexibility index (Phi) is 4.34. The highest BCUT2D eigenvalue weighted by atomic mass is 16.3. The summed E-state index contributed by atoms with van der Waals surface area (Å²) in [6.07, 6.45) is 0. The maximum Gasteiger partial charge on any atom is 0.115 e. The van der Waals surface area contributed by atoms with Gasteiger partial charge in [0.2, 0.25) is 0 Å². The van der Waals surface area contributed by atoms with Crippen LogP contribution in [0.25, 0.3) is 0 Å². The van der Waals surface area contributed by atoms with Crippen LogP contribution in [0.15, 0.2) is 42.5 Å². The molecule has 0 amide bonds. The number of phenolic OH excluding ortho intramolecular Hbond substituents is 1. The zero-order valence-electron chi connectivity index (χ0n) is 13.4. The van der Waals surface area contributed by atoms with E-state index in [1.54, 1.807) is 12.1 Å². The quantitative estimate of drug-likeness (QED) is 0.941. The highest BCUT2D eigenvalue weighted by Gasteiger charge is 2.17. The molecular formula is C19H24N2O. The maximum absolute atomic E-state index is 9.38. The van der Waals surface area contributed by atoms with Crippen molar-refractivity contribution in [3.8, 4) is 5.75 Å². The van der Waals surface area contributed by atoms with Crippen molar-refractivity contribution >= 4 is 5.69 Å². The summed E-state index contributed by atoms with van der Waals surface area (Å²) in [6.45, 7) is 9.62. The molecule has 0 saturated carbocycles. The molecule has 1 aliphatic heterocycles. The van der Waals surface area contributed by atoms with Crippen LogP contribution >= 0.6 is 0 Å². The second-order valence-electron chi connectivity index (χ2n) is 6.21. The average molecular weight is 296 g/mol. The number of phenols is 1. The van der Waals surface area contributed by atoms with Crippen molar-refractivity contribution in [3.05, 3.63) is 59.2 Å². The predicted octanol–water partition coefficient (Wildman–Crippen LogP) is 3.33. The number of aromatic hydroxyl groups is 1. The Labute approximate surface area is 132 Å². The molecule has 3 nitrogen and oxygen atoms in total. The van der Waals surface area contributed by atoms with E-state index in [0.29, 0.717) is 5.75 Å². The molecule has 0 unspecified atom stereocenters. The standard InChI is InChI=1S/C19H24N2O/c1-15-3-4-16(2)17(13-15)14-20-9-11-21(12-10-20)18-5-7-19(22)8-6-18/h3-8,13,22H,9-12,14H2,1-2H3. The molecular weight excluding hydrogens is 272 g/mol. The third-order valence-electron chi connectivity index (χ3n) is 4.49. The first-order valence-corrected chi connectivity index (χ1v) is 7.94. The van der Waals surface area contributed by atoms with E-state index < -0.39 is 0 Å².